The predicted octanol–water partition coefficient (Wildman–Crippen LogP) is 3.14. The summed E-state index contributed by atoms with van der Waals surface area (Å²) in [5.74, 6) is 2.40. The summed E-state index contributed by atoms with van der Waals surface area (Å²) in [5.41, 5.74) is 2.44. The van der Waals surface area contributed by atoms with Crippen LogP contribution >= 0.6 is 0 Å². The van der Waals surface area contributed by atoms with Gasteiger partial charge in [-0.1, -0.05) is 0 Å². The highest BCUT2D eigenvalue weighted by Crippen LogP contribution is 2.36. The Labute approximate surface area is 192 Å². The number of benzene rings is 2. The van der Waals surface area contributed by atoms with E-state index in [9.17, 15) is 14.9 Å². The first-order valence-electron chi connectivity index (χ1n) is 11.4. The van der Waals surface area contributed by atoms with Crippen molar-refractivity contribution in [3.8, 4) is 17.2 Å². The number of amides is 1. The molecule has 1 amide bonds. The lowest BCUT2D eigenvalue weighted by Crippen LogP contribution is -2.41. The number of carbonyl (C=O) groups is 1. The Morgan fingerprint density at radius 1 is 1.06 bits per heavy atom. The molecule has 0 aliphatic carbocycles. The van der Waals surface area contributed by atoms with E-state index in [1.54, 1.807) is 12.1 Å². The molecule has 0 aromatic heterocycles. The number of hydrogen-bond donors (Lipinski definition) is 0. The Bertz CT molecular complexity index is 1030. The largest absolute Gasteiger partial charge is 0.490 e. The number of nitrogens with zero attached hydrogens (tertiary/aromatic N) is 3. The molecule has 0 bridgehead atoms. The van der Waals surface area contributed by atoms with Crippen LogP contribution in [0.2, 0.25) is 0 Å². The number of hydrogen-bond acceptors (Lipinski definition) is 7. The van der Waals surface area contributed by atoms with Crippen molar-refractivity contribution >= 4 is 11.6 Å². The molecule has 0 radical (unpaired) electrons. The van der Waals surface area contributed by atoms with E-state index < -0.39 is 4.92 Å². The van der Waals surface area contributed by atoms with E-state index >= 15 is 0 Å². The summed E-state index contributed by atoms with van der Waals surface area (Å²) in [6, 6.07) is 10.3. The lowest BCUT2D eigenvalue weighted by atomic mass is 9.98. The minimum atomic E-state index is -0.415. The SMILES string of the molecule is O=C(CCN1CCC(Oc2ccc([N+](=O)[O-])cc2)CC1)N1CCc2cc3c(cc2C1)OCO3. The van der Waals surface area contributed by atoms with Gasteiger partial charge in [-0.15, -0.1) is 0 Å². The monoisotopic (exact) mass is 453 g/mol. The van der Waals surface area contributed by atoms with Gasteiger partial charge in [0.2, 0.25) is 12.7 Å². The molecular formula is C24H27N3O6. The quantitative estimate of drug-likeness (QED) is 0.490. The molecule has 3 aliphatic heterocycles. The molecule has 0 N–H and O–H groups in total. The Hall–Kier alpha value is -3.33. The highest BCUT2D eigenvalue weighted by Gasteiger charge is 2.26. The molecular weight excluding hydrogens is 426 g/mol. The second kappa shape index (κ2) is 9.27. The van der Waals surface area contributed by atoms with Gasteiger partial charge >= 0.3 is 0 Å². The van der Waals surface area contributed by atoms with Gasteiger partial charge < -0.3 is 24.0 Å². The van der Waals surface area contributed by atoms with Gasteiger partial charge in [0.05, 0.1) is 4.92 Å². The van der Waals surface area contributed by atoms with Crippen LogP contribution in [-0.4, -0.2) is 59.7 Å². The average molecular weight is 453 g/mol. The molecule has 174 valence electrons. The molecule has 3 aliphatic rings. The number of likely N-dealkylation sites (tertiary alicyclic amines) is 1. The van der Waals surface area contributed by atoms with Crippen molar-refractivity contribution in [3.05, 3.63) is 57.6 Å². The van der Waals surface area contributed by atoms with Crippen LogP contribution < -0.4 is 14.2 Å². The molecule has 1 saturated heterocycles. The summed E-state index contributed by atoms with van der Waals surface area (Å²) in [6.07, 6.45) is 3.17. The van der Waals surface area contributed by atoms with Crippen molar-refractivity contribution in [2.45, 2.75) is 38.3 Å². The predicted molar refractivity (Wildman–Crippen MR) is 119 cm³/mol. The van der Waals surface area contributed by atoms with Crippen LogP contribution in [0.25, 0.3) is 0 Å². The minimum Gasteiger partial charge on any atom is -0.490 e. The van der Waals surface area contributed by atoms with Crippen LogP contribution in [0.1, 0.15) is 30.4 Å². The number of piperidine rings is 1. The van der Waals surface area contributed by atoms with Crippen LogP contribution in [0.5, 0.6) is 17.2 Å². The number of carbonyl (C=O) groups excluding carboxylic acids is 1. The third kappa shape index (κ3) is 4.88. The molecule has 0 atom stereocenters. The smallest absolute Gasteiger partial charge is 0.269 e. The fourth-order valence-electron chi connectivity index (χ4n) is 4.66. The van der Waals surface area contributed by atoms with Gasteiger partial charge in [0.25, 0.3) is 5.69 Å². The third-order valence-corrected chi connectivity index (χ3v) is 6.59. The van der Waals surface area contributed by atoms with Gasteiger partial charge in [-0.25, -0.2) is 0 Å². The standard InChI is InChI=1S/C24H27N3O6/c28-24(26-12-5-17-13-22-23(32-16-31-22)14-18(17)15-26)8-11-25-9-6-21(7-10-25)33-20-3-1-19(2-4-20)27(29)30/h1-4,13-14,21H,5-12,15-16H2. The number of non-ortho nitro benzene ring substituents is 1. The summed E-state index contributed by atoms with van der Waals surface area (Å²) >= 11 is 0. The number of fused-ring (bicyclic) bond motifs is 2. The van der Waals surface area contributed by atoms with Crippen molar-refractivity contribution in [2.75, 3.05) is 33.0 Å². The van der Waals surface area contributed by atoms with Gasteiger partial charge in [-0.05, 0) is 54.7 Å². The Morgan fingerprint density at radius 2 is 1.76 bits per heavy atom. The fourth-order valence-corrected chi connectivity index (χ4v) is 4.66. The summed E-state index contributed by atoms with van der Waals surface area (Å²) < 4.78 is 16.9. The van der Waals surface area contributed by atoms with Crippen molar-refractivity contribution in [3.63, 3.8) is 0 Å². The van der Waals surface area contributed by atoms with E-state index in [1.807, 2.05) is 17.0 Å². The third-order valence-electron chi connectivity index (χ3n) is 6.59. The number of nitro benzene ring substituents is 1. The van der Waals surface area contributed by atoms with E-state index in [0.29, 0.717) is 18.7 Å². The van der Waals surface area contributed by atoms with E-state index in [0.717, 1.165) is 62.5 Å². The van der Waals surface area contributed by atoms with Gasteiger partial charge in [0.1, 0.15) is 11.9 Å². The fraction of sp³-hybridized carbons (Fsp3) is 0.458. The Morgan fingerprint density at radius 3 is 2.45 bits per heavy atom. The average Bonchev–Trinajstić information content (AvgIpc) is 3.29. The van der Waals surface area contributed by atoms with Crippen LogP contribution in [0.15, 0.2) is 36.4 Å². The maximum Gasteiger partial charge on any atom is 0.269 e. The zero-order valence-corrected chi connectivity index (χ0v) is 18.4. The summed E-state index contributed by atoms with van der Waals surface area (Å²) in [7, 11) is 0. The topological polar surface area (TPSA) is 94.4 Å². The molecule has 2 aromatic carbocycles. The molecule has 1 fully saturated rings. The van der Waals surface area contributed by atoms with E-state index in [1.165, 1.54) is 17.7 Å². The molecule has 3 heterocycles. The molecule has 0 saturated carbocycles. The van der Waals surface area contributed by atoms with Gasteiger partial charge in [0, 0.05) is 51.3 Å². The van der Waals surface area contributed by atoms with Crippen LogP contribution in [-0.2, 0) is 17.8 Å². The molecule has 9 nitrogen and oxygen atoms in total. The number of ether oxygens (including phenoxy) is 3. The van der Waals surface area contributed by atoms with Gasteiger partial charge in [-0.2, -0.15) is 0 Å². The Balaban J connectivity index is 1.06. The minimum absolute atomic E-state index is 0.0605. The van der Waals surface area contributed by atoms with E-state index in [4.69, 9.17) is 14.2 Å². The van der Waals surface area contributed by atoms with E-state index in [-0.39, 0.29) is 24.5 Å². The highest BCUT2D eigenvalue weighted by molar-refractivity contribution is 5.76. The number of rotatable bonds is 6. The van der Waals surface area contributed by atoms with Crippen LogP contribution in [0, 0.1) is 10.1 Å². The summed E-state index contributed by atoms with van der Waals surface area (Å²) in [5, 5.41) is 10.8. The summed E-state index contributed by atoms with van der Waals surface area (Å²) in [6.45, 7) is 4.10. The van der Waals surface area contributed by atoms with Crippen LogP contribution in [0.3, 0.4) is 0 Å². The van der Waals surface area contributed by atoms with E-state index in [2.05, 4.69) is 4.90 Å². The first-order valence-corrected chi connectivity index (χ1v) is 11.4. The Kier molecular flexibility index (Phi) is 6.04. The summed E-state index contributed by atoms with van der Waals surface area (Å²) in [4.78, 5) is 27.4. The lowest BCUT2D eigenvalue weighted by Gasteiger charge is -2.33. The molecule has 0 spiro atoms. The zero-order valence-electron chi connectivity index (χ0n) is 18.4. The molecule has 5 rings (SSSR count). The second-order valence-corrected chi connectivity index (χ2v) is 8.70. The van der Waals surface area contributed by atoms with Crippen molar-refractivity contribution in [2.24, 2.45) is 0 Å². The maximum atomic E-state index is 12.8. The van der Waals surface area contributed by atoms with Gasteiger partial charge in [0.15, 0.2) is 11.5 Å². The lowest BCUT2D eigenvalue weighted by molar-refractivity contribution is -0.384. The van der Waals surface area contributed by atoms with Gasteiger partial charge in [-0.3, -0.25) is 14.9 Å². The molecule has 33 heavy (non-hydrogen) atoms. The second-order valence-electron chi connectivity index (χ2n) is 8.70. The normalized spacial score (nSPS) is 18.1. The van der Waals surface area contributed by atoms with Crippen molar-refractivity contribution < 1.29 is 23.9 Å². The highest BCUT2D eigenvalue weighted by atomic mass is 16.7. The van der Waals surface area contributed by atoms with Crippen molar-refractivity contribution in [1.29, 1.82) is 0 Å². The van der Waals surface area contributed by atoms with Crippen LogP contribution in [0.4, 0.5) is 5.69 Å². The number of nitro groups is 1. The molecule has 2 aromatic rings. The first-order chi connectivity index (χ1) is 16.0. The first kappa shape index (κ1) is 21.5. The van der Waals surface area contributed by atoms with Crippen molar-refractivity contribution in [1.82, 2.24) is 9.80 Å². The molecule has 9 heteroatoms. The maximum absolute atomic E-state index is 12.8. The molecule has 0 unspecified atom stereocenters. The zero-order chi connectivity index (χ0) is 22.8.